The molecular weight excluding hydrogens is 237 g/mol. The summed E-state index contributed by atoms with van der Waals surface area (Å²) in [6.07, 6.45) is 4.81. The van der Waals surface area contributed by atoms with Crippen LogP contribution in [0, 0.1) is 11.7 Å². The van der Waals surface area contributed by atoms with E-state index in [-0.39, 0.29) is 16.4 Å². The van der Waals surface area contributed by atoms with Crippen LogP contribution >= 0.6 is 11.6 Å². The Morgan fingerprint density at radius 3 is 2.71 bits per heavy atom. The van der Waals surface area contributed by atoms with Crippen molar-refractivity contribution in [1.29, 1.82) is 0 Å². The van der Waals surface area contributed by atoms with E-state index in [0.717, 1.165) is 31.6 Å². The van der Waals surface area contributed by atoms with Crippen molar-refractivity contribution in [2.75, 3.05) is 0 Å². The minimum atomic E-state index is -0.308. The number of benzene rings is 1. The Bertz CT molecular complexity index is 397. The van der Waals surface area contributed by atoms with Crippen LogP contribution in [0.1, 0.15) is 38.2 Å². The predicted molar refractivity (Wildman–Crippen MR) is 69.7 cm³/mol. The van der Waals surface area contributed by atoms with Crippen LogP contribution in [0.2, 0.25) is 5.02 Å². The molecule has 0 amide bonds. The smallest absolute Gasteiger partial charge is 0.145 e. The van der Waals surface area contributed by atoms with Gasteiger partial charge in [0.15, 0.2) is 0 Å². The number of hydrogen-bond acceptors (Lipinski definition) is 1. The number of nitrogens with two attached hydrogens (primary N) is 1. The summed E-state index contributed by atoms with van der Waals surface area (Å²) in [6.45, 7) is 2.25. The lowest BCUT2D eigenvalue weighted by Gasteiger charge is -2.36. The van der Waals surface area contributed by atoms with Gasteiger partial charge in [0.25, 0.3) is 0 Å². The minimum absolute atomic E-state index is 0.190. The first-order valence-electron chi connectivity index (χ1n) is 6.22. The standard InChI is InChI=1S/C14H19ClFN/c1-10-5-7-14(17,8-6-10)9-11-3-2-4-12(15)13(11)16/h2-4,10H,5-9,17H2,1H3. The Hall–Kier alpha value is -0.600. The van der Waals surface area contributed by atoms with Crippen molar-refractivity contribution < 1.29 is 4.39 Å². The fourth-order valence-electron chi connectivity index (χ4n) is 2.58. The third kappa shape index (κ3) is 2.99. The van der Waals surface area contributed by atoms with Gasteiger partial charge in [-0.1, -0.05) is 30.7 Å². The summed E-state index contributed by atoms with van der Waals surface area (Å²) in [4.78, 5) is 0. The van der Waals surface area contributed by atoms with Crippen LogP contribution in [0.5, 0.6) is 0 Å². The van der Waals surface area contributed by atoms with Gasteiger partial charge in [0.2, 0.25) is 0 Å². The van der Waals surface area contributed by atoms with Gasteiger partial charge in [0, 0.05) is 5.54 Å². The molecule has 0 unspecified atom stereocenters. The maximum atomic E-state index is 13.8. The summed E-state index contributed by atoms with van der Waals surface area (Å²) in [5, 5.41) is 0.190. The first-order chi connectivity index (χ1) is 8.00. The van der Waals surface area contributed by atoms with E-state index in [1.165, 1.54) is 0 Å². The van der Waals surface area contributed by atoms with E-state index in [0.29, 0.717) is 12.0 Å². The number of hydrogen-bond donors (Lipinski definition) is 1. The normalized spacial score (nSPS) is 29.3. The molecule has 1 aliphatic rings. The van der Waals surface area contributed by atoms with Crippen LogP contribution < -0.4 is 5.73 Å². The molecule has 1 aromatic rings. The fraction of sp³-hybridized carbons (Fsp3) is 0.571. The lowest BCUT2D eigenvalue weighted by molar-refractivity contribution is 0.242. The zero-order valence-electron chi connectivity index (χ0n) is 10.2. The first-order valence-corrected chi connectivity index (χ1v) is 6.60. The molecule has 0 bridgehead atoms. The molecule has 2 rings (SSSR count). The number of rotatable bonds is 2. The molecule has 0 radical (unpaired) electrons. The molecule has 0 spiro atoms. The van der Waals surface area contributed by atoms with Gasteiger partial charge in [0.05, 0.1) is 5.02 Å². The van der Waals surface area contributed by atoms with Gasteiger partial charge in [-0.2, -0.15) is 0 Å². The van der Waals surface area contributed by atoms with E-state index in [4.69, 9.17) is 17.3 Å². The molecule has 0 atom stereocenters. The highest BCUT2D eigenvalue weighted by atomic mass is 35.5. The lowest BCUT2D eigenvalue weighted by Crippen LogP contribution is -2.45. The van der Waals surface area contributed by atoms with E-state index in [2.05, 4.69) is 6.92 Å². The van der Waals surface area contributed by atoms with Crippen LogP contribution in [0.15, 0.2) is 18.2 Å². The van der Waals surface area contributed by atoms with E-state index in [1.54, 1.807) is 18.2 Å². The molecule has 3 heteroatoms. The van der Waals surface area contributed by atoms with Crippen LogP contribution in [0.25, 0.3) is 0 Å². The molecule has 1 saturated carbocycles. The first kappa shape index (κ1) is 12.8. The van der Waals surface area contributed by atoms with Crippen molar-refractivity contribution in [3.63, 3.8) is 0 Å². The monoisotopic (exact) mass is 255 g/mol. The molecule has 0 aliphatic heterocycles. The lowest BCUT2D eigenvalue weighted by atomic mass is 9.74. The molecule has 0 heterocycles. The van der Waals surface area contributed by atoms with E-state index in [9.17, 15) is 4.39 Å². The Morgan fingerprint density at radius 2 is 2.06 bits per heavy atom. The molecule has 94 valence electrons. The summed E-state index contributed by atoms with van der Waals surface area (Å²) in [7, 11) is 0. The maximum Gasteiger partial charge on any atom is 0.145 e. The van der Waals surface area contributed by atoms with Crippen molar-refractivity contribution in [2.24, 2.45) is 11.7 Å². The van der Waals surface area contributed by atoms with Gasteiger partial charge >= 0.3 is 0 Å². The zero-order chi connectivity index (χ0) is 12.5. The van der Waals surface area contributed by atoms with Crippen molar-refractivity contribution in [1.82, 2.24) is 0 Å². The van der Waals surface area contributed by atoms with Crippen molar-refractivity contribution in [3.05, 3.63) is 34.6 Å². The van der Waals surface area contributed by atoms with Crippen molar-refractivity contribution in [2.45, 2.75) is 44.6 Å². The third-order valence-corrected chi connectivity index (χ3v) is 4.14. The average Bonchev–Trinajstić information content (AvgIpc) is 2.30. The van der Waals surface area contributed by atoms with Crippen LogP contribution in [0.3, 0.4) is 0 Å². The van der Waals surface area contributed by atoms with Crippen LogP contribution in [-0.2, 0) is 6.42 Å². The Labute approximate surface area is 107 Å². The van der Waals surface area contributed by atoms with Gasteiger partial charge < -0.3 is 5.73 Å². The summed E-state index contributed by atoms with van der Waals surface area (Å²) in [5.41, 5.74) is 6.76. The Kier molecular flexibility index (Phi) is 3.74. The average molecular weight is 256 g/mol. The van der Waals surface area contributed by atoms with Crippen LogP contribution in [-0.4, -0.2) is 5.54 Å². The van der Waals surface area contributed by atoms with Crippen LogP contribution in [0.4, 0.5) is 4.39 Å². The molecule has 1 aliphatic carbocycles. The molecule has 1 nitrogen and oxygen atoms in total. The molecule has 2 N–H and O–H groups in total. The largest absolute Gasteiger partial charge is 0.325 e. The highest BCUT2D eigenvalue weighted by molar-refractivity contribution is 6.30. The van der Waals surface area contributed by atoms with Gasteiger partial charge in [-0.05, 0) is 49.7 Å². The highest BCUT2D eigenvalue weighted by Crippen LogP contribution is 2.33. The Balaban J connectivity index is 2.12. The molecular formula is C14H19ClFN. The van der Waals surface area contributed by atoms with Gasteiger partial charge in [-0.25, -0.2) is 4.39 Å². The second-order valence-electron chi connectivity index (χ2n) is 5.43. The third-order valence-electron chi connectivity index (χ3n) is 3.84. The summed E-state index contributed by atoms with van der Waals surface area (Å²) in [6, 6.07) is 5.15. The number of halogens is 2. The highest BCUT2D eigenvalue weighted by Gasteiger charge is 2.31. The molecule has 1 fully saturated rings. The van der Waals surface area contributed by atoms with E-state index < -0.39 is 0 Å². The van der Waals surface area contributed by atoms with Crippen molar-refractivity contribution >= 4 is 11.6 Å². The van der Waals surface area contributed by atoms with Gasteiger partial charge in [0.1, 0.15) is 5.82 Å². The zero-order valence-corrected chi connectivity index (χ0v) is 10.9. The molecule has 1 aromatic carbocycles. The summed E-state index contributed by atoms with van der Waals surface area (Å²) < 4.78 is 13.8. The molecule has 0 saturated heterocycles. The second kappa shape index (κ2) is 4.95. The van der Waals surface area contributed by atoms with E-state index in [1.807, 2.05) is 0 Å². The second-order valence-corrected chi connectivity index (χ2v) is 5.84. The molecule has 0 aromatic heterocycles. The van der Waals surface area contributed by atoms with Gasteiger partial charge in [-0.3, -0.25) is 0 Å². The summed E-state index contributed by atoms with van der Waals surface area (Å²) in [5.74, 6) is 0.438. The fourth-order valence-corrected chi connectivity index (χ4v) is 2.77. The quantitative estimate of drug-likeness (QED) is 0.851. The predicted octanol–water partition coefficient (Wildman–Crippen LogP) is 3.93. The van der Waals surface area contributed by atoms with Crippen molar-refractivity contribution in [3.8, 4) is 0 Å². The van der Waals surface area contributed by atoms with Gasteiger partial charge in [-0.15, -0.1) is 0 Å². The minimum Gasteiger partial charge on any atom is -0.325 e. The maximum absolute atomic E-state index is 13.8. The SMILES string of the molecule is CC1CCC(N)(Cc2cccc(Cl)c2F)CC1. The summed E-state index contributed by atoms with van der Waals surface area (Å²) >= 11 is 5.78. The molecule has 17 heavy (non-hydrogen) atoms. The Morgan fingerprint density at radius 1 is 1.41 bits per heavy atom. The topological polar surface area (TPSA) is 26.0 Å². The van der Waals surface area contributed by atoms with E-state index >= 15 is 0 Å².